The van der Waals surface area contributed by atoms with Gasteiger partial charge >= 0.3 is 0 Å². The van der Waals surface area contributed by atoms with Gasteiger partial charge in [0, 0.05) is 29.3 Å². The molecule has 10 nitrogen and oxygen atoms in total. The average molecular weight is 790 g/mol. The lowest BCUT2D eigenvalue weighted by atomic mass is 9.97. The molecule has 0 heterocycles. The zero-order chi connectivity index (χ0) is 40.5. The van der Waals surface area contributed by atoms with Crippen LogP contribution in [-0.2, 0) is 31.8 Å². The van der Waals surface area contributed by atoms with E-state index in [-0.39, 0.29) is 45.6 Å². The van der Waals surface area contributed by atoms with Crippen molar-refractivity contribution in [2.75, 3.05) is 17.2 Å². The zero-order valence-corrected chi connectivity index (χ0v) is 34.3. The van der Waals surface area contributed by atoms with Gasteiger partial charge in [-0.25, -0.2) is 0 Å². The molecule has 1 atom stereocenters. The van der Waals surface area contributed by atoms with Crippen LogP contribution in [0.1, 0.15) is 63.7 Å². The van der Waals surface area contributed by atoms with Gasteiger partial charge in [-0.2, -0.15) is 13.7 Å². The van der Waals surface area contributed by atoms with Crippen molar-refractivity contribution in [3.05, 3.63) is 155 Å². The molecule has 0 unspecified atom stereocenters. The number of carbonyl (C=O) groups is 2. The van der Waals surface area contributed by atoms with E-state index in [0.717, 1.165) is 11.1 Å². The minimum atomic E-state index is -4.21. The summed E-state index contributed by atoms with van der Waals surface area (Å²) in [6.07, 6.45) is -0.986. The van der Waals surface area contributed by atoms with Crippen molar-refractivity contribution in [1.29, 1.82) is 5.26 Å². The number of amides is 2. The van der Waals surface area contributed by atoms with E-state index < -0.39 is 43.0 Å². The number of nitriles is 1. The lowest BCUT2D eigenvalue weighted by Gasteiger charge is -2.39. The summed E-state index contributed by atoms with van der Waals surface area (Å²) >= 11 is 0. The average Bonchev–Trinajstić information content (AvgIpc) is 3.18. The molecule has 0 radical (unpaired) electrons. The van der Waals surface area contributed by atoms with Gasteiger partial charge < -0.3 is 19.8 Å². The van der Waals surface area contributed by atoms with Crippen LogP contribution < -0.4 is 15.4 Å². The van der Waals surface area contributed by atoms with Crippen LogP contribution in [0.25, 0.3) is 0 Å². The van der Waals surface area contributed by atoms with Crippen LogP contribution in [0.4, 0.5) is 11.4 Å². The normalized spacial score (nSPS) is 12.3. The number of carbonyl (C=O) groups excluding carboxylic acids is 2. The van der Waals surface area contributed by atoms with E-state index in [1.54, 1.807) is 78.9 Å². The van der Waals surface area contributed by atoms with E-state index in [1.807, 2.05) is 50.3 Å². The van der Waals surface area contributed by atoms with Gasteiger partial charge in [0.1, 0.15) is 24.1 Å². The molecule has 0 fully saturated rings. The number of nitrogens with zero attached hydrogens (tertiary/aromatic N) is 1. The molecule has 56 heavy (non-hydrogen) atoms. The number of hydrogen-bond acceptors (Lipinski definition) is 8. The Morgan fingerprint density at radius 3 is 1.88 bits per heavy atom. The highest BCUT2D eigenvalue weighted by atomic mass is 32.2. The molecular formula is C44H47N3O7SSi. The highest BCUT2D eigenvalue weighted by Crippen LogP contribution is 2.41. The second-order valence-corrected chi connectivity index (χ2v) is 21.3. The van der Waals surface area contributed by atoms with Crippen molar-refractivity contribution >= 4 is 41.6 Å². The van der Waals surface area contributed by atoms with Crippen molar-refractivity contribution in [3.8, 4) is 11.8 Å². The van der Waals surface area contributed by atoms with Crippen LogP contribution in [0, 0.1) is 18.3 Å². The largest absolute Gasteiger partial charge is 0.487 e. The Bertz CT molecular complexity index is 2290. The lowest BCUT2D eigenvalue weighted by molar-refractivity contribution is 0.101. The highest BCUT2D eigenvalue weighted by Gasteiger charge is 2.40. The van der Waals surface area contributed by atoms with E-state index in [2.05, 4.69) is 37.5 Å². The minimum absolute atomic E-state index is 0.00599. The number of aryl methyl sites for hydroxylation is 1. The third-order valence-electron chi connectivity index (χ3n) is 9.72. The van der Waals surface area contributed by atoms with E-state index in [9.17, 15) is 23.3 Å². The number of nitrogens with one attached hydrogen (secondary N) is 2. The van der Waals surface area contributed by atoms with Gasteiger partial charge in [-0.3, -0.25) is 13.8 Å². The van der Waals surface area contributed by atoms with Crippen LogP contribution in [-0.4, -0.2) is 41.3 Å². The second-order valence-electron chi connectivity index (χ2n) is 14.9. The fourth-order valence-corrected chi connectivity index (χ4v) is 7.85. The van der Waals surface area contributed by atoms with Gasteiger partial charge in [0.25, 0.3) is 21.9 Å². The van der Waals surface area contributed by atoms with Crippen molar-refractivity contribution in [2.24, 2.45) is 0 Å². The fraction of sp³-hybridized carbons (Fsp3) is 0.250. The Kier molecular flexibility index (Phi) is 13.3. The van der Waals surface area contributed by atoms with Crippen LogP contribution in [0.2, 0.25) is 18.1 Å². The maximum Gasteiger partial charge on any atom is 0.297 e. The van der Waals surface area contributed by atoms with E-state index in [0.29, 0.717) is 16.7 Å². The minimum Gasteiger partial charge on any atom is -0.487 e. The number of benzene rings is 5. The summed E-state index contributed by atoms with van der Waals surface area (Å²) in [6, 6.07) is 36.7. The first-order chi connectivity index (χ1) is 26.6. The number of hydrogen-bond donors (Lipinski definition) is 2. The summed E-state index contributed by atoms with van der Waals surface area (Å²) in [5.74, 6) is -0.798. The van der Waals surface area contributed by atoms with Gasteiger partial charge in [0.05, 0.1) is 23.2 Å². The lowest BCUT2D eigenvalue weighted by Crippen LogP contribution is -2.46. The smallest absolute Gasteiger partial charge is 0.297 e. The SMILES string of the molecule is Cc1ccc(S(=O)(=O)OC[C@H](Cc2c(NC(=O)c3ccccc3)cc(OCc3ccccc3)c(NC(=O)c3ccccc3)c2C#N)O[Si](C)(C)C(C)(C)C)cc1. The Balaban J connectivity index is 1.65. The van der Waals surface area contributed by atoms with Gasteiger partial charge in [-0.05, 0) is 72.6 Å². The molecule has 0 saturated heterocycles. The standard InChI is InChI=1S/C44H47N3O7SSi/c1-31-22-24-36(25-23-31)55(50,51)53-30-35(54-56(5,6)44(2,3)4)26-37-38(28-45)41(47-43(49)34-20-14-9-15-21-34)40(52-29-32-16-10-7-11-17-32)27-39(37)46-42(48)33-18-12-8-13-19-33/h7-25,27,35H,26,29-30H2,1-6H3,(H,46,48)(H,47,49)/t35-/m0/s1. The molecule has 12 heteroatoms. The molecule has 0 aromatic heterocycles. The van der Waals surface area contributed by atoms with Crippen LogP contribution in [0.15, 0.2) is 126 Å². The monoisotopic (exact) mass is 789 g/mol. The van der Waals surface area contributed by atoms with Crippen LogP contribution in [0.3, 0.4) is 0 Å². The predicted molar refractivity (Wildman–Crippen MR) is 221 cm³/mol. The topological polar surface area (TPSA) is 144 Å². The first-order valence-corrected chi connectivity index (χ1v) is 22.5. The Morgan fingerprint density at radius 1 is 0.804 bits per heavy atom. The van der Waals surface area contributed by atoms with E-state index >= 15 is 0 Å². The highest BCUT2D eigenvalue weighted by molar-refractivity contribution is 7.86. The molecule has 5 aromatic rings. The molecular weight excluding hydrogens is 743 g/mol. The molecule has 0 bridgehead atoms. The molecule has 0 aliphatic rings. The van der Waals surface area contributed by atoms with Crippen LogP contribution in [0.5, 0.6) is 5.75 Å². The Labute approximate surface area is 330 Å². The Morgan fingerprint density at radius 2 is 1.34 bits per heavy atom. The molecule has 2 amide bonds. The third-order valence-corrected chi connectivity index (χ3v) is 15.6. The van der Waals surface area contributed by atoms with Crippen molar-refractivity contribution < 1.29 is 31.4 Å². The summed E-state index contributed by atoms with van der Waals surface area (Å²) in [6.45, 7) is 11.8. The van der Waals surface area contributed by atoms with Crippen molar-refractivity contribution in [1.82, 2.24) is 0 Å². The third kappa shape index (κ3) is 10.6. The zero-order valence-electron chi connectivity index (χ0n) is 32.5. The number of rotatable bonds is 15. The number of anilines is 2. The molecule has 290 valence electrons. The van der Waals surface area contributed by atoms with Crippen molar-refractivity contribution in [2.45, 2.75) is 69.9 Å². The molecule has 5 rings (SSSR count). The maximum absolute atomic E-state index is 13.8. The summed E-state index contributed by atoms with van der Waals surface area (Å²) < 4.78 is 45.8. The summed E-state index contributed by atoms with van der Waals surface area (Å²) in [5, 5.41) is 16.5. The molecule has 0 saturated carbocycles. The quantitative estimate of drug-likeness (QED) is 0.0789. The van der Waals surface area contributed by atoms with E-state index in [1.165, 1.54) is 12.1 Å². The number of ether oxygens (including phenoxy) is 1. The molecule has 5 aromatic carbocycles. The Hall–Kier alpha value is -5.58. The van der Waals surface area contributed by atoms with Gasteiger partial charge in [-0.1, -0.05) is 105 Å². The molecule has 0 spiro atoms. The second kappa shape index (κ2) is 17.9. The van der Waals surface area contributed by atoms with Crippen LogP contribution >= 0.6 is 0 Å². The maximum atomic E-state index is 13.8. The first-order valence-electron chi connectivity index (χ1n) is 18.2. The summed E-state index contributed by atoms with van der Waals surface area (Å²) in [7, 11) is -6.83. The first kappa shape index (κ1) is 41.6. The summed E-state index contributed by atoms with van der Waals surface area (Å²) in [4.78, 5) is 27.5. The molecule has 0 aliphatic carbocycles. The predicted octanol–water partition coefficient (Wildman–Crippen LogP) is 9.29. The van der Waals surface area contributed by atoms with Gasteiger partial charge in [0.15, 0.2) is 8.32 Å². The molecule has 0 aliphatic heterocycles. The fourth-order valence-electron chi connectivity index (χ4n) is 5.57. The van der Waals surface area contributed by atoms with E-state index in [4.69, 9.17) is 13.3 Å². The van der Waals surface area contributed by atoms with Gasteiger partial charge in [-0.15, -0.1) is 0 Å². The summed E-state index contributed by atoms with van der Waals surface area (Å²) in [5.41, 5.74) is 3.06. The molecule has 2 N–H and O–H groups in total. The van der Waals surface area contributed by atoms with Gasteiger partial charge in [0.2, 0.25) is 0 Å². The van der Waals surface area contributed by atoms with Crippen molar-refractivity contribution in [3.63, 3.8) is 0 Å².